The largest absolute Gasteiger partial charge is 0.450 e. The van der Waals surface area contributed by atoms with Gasteiger partial charge in [0.05, 0.1) is 0 Å². The molecule has 0 spiro atoms. The van der Waals surface area contributed by atoms with Crippen molar-refractivity contribution < 1.29 is 24.2 Å². The minimum Gasteiger partial charge on any atom is -0.450 e. The Morgan fingerprint density at radius 1 is 1.00 bits per heavy atom. The van der Waals surface area contributed by atoms with Crippen molar-refractivity contribution in [3.63, 3.8) is 0 Å². The molecule has 0 amide bonds. The van der Waals surface area contributed by atoms with Crippen LogP contribution in [0.5, 0.6) is 0 Å². The van der Waals surface area contributed by atoms with Crippen LogP contribution in [-0.2, 0) is 19.1 Å². The van der Waals surface area contributed by atoms with Gasteiger partial charge in [-0.05, 0) is 94.0 Å². The molecule has 0 radical (unpaired) electrons. The van der Waals surface area contributed by atoms with Gasteiger partial charge in [-0.25, -0.2) is 0 Å². The van der Waals surface area contributed by atoms with E-state index >= 15 is 0 Å². The van der Waals surface area contributed by atoms with Gasteiger partial charge in [0.1, 0.15) is 0 Å². The molecule has 6 atom stereocenters. The van der Waals surface area contributed by atoms with E-state index in [0.717, 1.165) is 64.2 Å². The van der Waals surface area contributed by atoms with Crippen molar-refractivity contribution in [3.8, 4) is 0 Å². The molecule has 198 valence electrons. The summed E-state index contributed by atoms with van der Waals surface area (Å²) in [6.45, 7) is 10.6. The molecular weight excluding hydrogens is 440 g/mol. The zero-order valence-corrected chi connectivity index (χ0v) is 22.8. The summed E-state index contributed by atoms with van der Waals surface area (Å²) in [6.07, 6.45) is 13.5. The molecule has 4 rings (SSSR count). The Hall–Kier alpha value is -1.49. The van der Waals surface area contributed by atoms with Crippen LogP contribution in [0.2, 0.25) is 0 Å². The maximum atomic E-state index is 13.1. The lowest BCUT2D eigenvalue weighted by Gasteiger charge is -2.59. The fourth-order valence-corrected chi connectivity index (χ4v) is 8.14. The van der Waals surface area contributed by atoms with Crippen LogP contribution in [0.3, 0.4) is 0 Å². The Labute approximate surface area is 212 Å². The highest BCUT2D eigenvalue weighted by Crippen LogP contribution is 2.68. The van der Waals surface area contributed by atoms with E-state index in [0.29, 0.717) is 43.6 Å². The Kier molecular flexibility index (Phi) is 9.05. The highest BCUT2D eigenvalue weighted by atomic mass is 16.6. The molecule has 0 bridgehead atoms. The molecule has 4 aliphatic carbocycles. The monoisotopic (exact) mass is 488 g/mol. The number of esters is 1. The molecule has 3 fully saturated rings. The molecule has 3 saturated carbocycles. The summed E-state index contributed by atoms with van der Waals surface area (Å²) >= 11 is 0. The maximum absolute atomic E-state index is 13.1. The van der Waals surface area contributed by atoms with Crippen LogP contribution in [0.4, 0.5) is 0 Å². The first-order valence-corrected chi connectivity index (χ1v) is 14.2. The van der Waals surface area contributed by atoms with E-state index in [9.17, 15) is 14.4 Å². The smallest absolute Gasteiger partial charge is 0.306 e. The van der Waals surface area contributed by atoms with Gasteiger partial charge in [-0.3, -0.25) is 14.4 Å². The third-order valence-corrected chi connectivity index (χ3v) is 10.1. The zero-order valence-electron chi connectivity index (χ0n) is 22.8. The molecule has 0 saturated heterocycles. The number of rotatable bonds is 7. The minimum atomic E-state index is -0.953. The van der Waals surface area contributed by atoms with E-state index in [4.69, 9.17) is 9.84 Å². The van der Waals surface area contributed by atoms with Gasteiger partial charge < -0.3 is 9.84 Å². The van der Waals surface area contributed by atoms with Gasteiger partial charge in [0.15, 0.2) is 17.2 Å². The Bertz CT molecular complexity index is 829. The number of aliphatic hydroxyl groups is 1. The lowest BCUT2D eigenvalue weighted by molar-refractivity contribution is -0.189. The van der Waals surface area contributed by atoms with Crippen molar-refractivity contribution in [2.24, 2.45) is 28.6 Å². The van der Waals surface area contributed by atoms with Crippen LogP contribution in [-0.4, -0.2) is 34.9 Å². The summed E-state index contributed by atoms with van der Waals surface area (Å²) in [6, 6.07) is 0. The fourth-order valence-electron chi connectivity index (χ4n) is 8.14. The van der Waals surface area contributed by atoms with E-state index in [1.165, 1.54) is 5.57 Å². The number of hydrogen-bond donors (Lipinski definition) is 1. The van der Waals surface area contributed by atoms with Crippen LogP contribution < -0.4 is 0 Å². The Balaban J connectivity index is 0.000000795. The number of ether oxygens (including phenoxy) is 1. The Morgan fingerprint density at radius 3 is 2.31 bits per heavy atom. The van der Waals surface area contributed by atoms with Crippen molar-refractivity contribution in [1.82, 2.24) is 0 Å². The van der Waals surface area contributed by atoms with Gasteiger partial charge in [0.25, 0.3) is 0 Å². The topological polar surface area (TPSA) is 80.7 Å². The number of hydrogen-bond acceptors (Lipinski definition) is 5. The molecule has 5 nitrogen and oxygen atoms in total. The standard InChI is InChI=1S/C27H40O4.C3H8O/c1-5-6-7-8-24(30)31-27(18(2)28)16-13-23-21-10-9-19-17-20(29)11-14-25(19,3)22(21)12-15-26(23,27)4;1-2-3-4/h17,21-23H,5-16H2,1-4H3;4H,2-3H2,1H3/t21-,22+,23+,25+,26+,27+;/m1./s1. The first-order valence-electron chi connectivity index (χ1n) is 14.2. The number of carbonyl (C=O) groups excluding carboxylic acids is 3. The highest BCUT2D eigenvalue weighted by Gasteiger charge is 2.67. The molecule has 0 aromatic heterocycles. The minimum absolute atomic E-state index is 0.0330. The first-order chi connectivity index (χ1) is 16.6. The van der Waals surface area contributed by atoms with E-state index in [-0.39, 0.29) is 28.4 Å². The normalized spacial score (nSPS) is 37.7. The van der Waals surface area contributed by atoms with Crippen LogP contribution >= 0.6 is 0 Å². The van der Waals surface area contributed by atoms with Crippen LogP contribution in [0.1, 0.15) is 118 Å². The number of unbranched alkanes of at least 4 members (excludes halogenated alkanes) is 2. The fraction of sp³-hybridized carbons (Fsp3) is 0.833. The average Bonchev–Trinajstić information content (AvgIpc) is 3.13. The second kappa shape index (κ2) is 11.3. The number of allylic oxidation sites excluding steroid dienone is 1. The lowest BCUT2D eigenvalue weighted by atomic mass is 9.46. The molecular formula is C30H48O5. The lowest BCUT2D eigenvalue weighted by Crippen LogP contribution is -2.58. The Morgan fingerprint density at radius 2 is 1.69 bits per heavy atom. The summed E-state index contributed by atoms with van der Waals surface area (Å²) in [7, 11) is 0. The van der Waals surface area contributed by atoms with E-state index in [1.54, 1.807) is 6.92 Å². The van der Waals surface area contributed by atoms with Crippen LogP contribution in [0, 0.1) is 28.6 Å². The van der Waals surface area contributed by atoms with Gasteiger partial charge in [-0.1, -0.05) is 46.1 Å². The maximum Gasteiger partial charge on any atom is 0.306 e. The summed E-state index contributed by atoms with van der Waals surface area (Å²) in [5.41, 5.74) is 0.261. The summed E-state index contributed by atoms with van der Waals surface area (Å²) in [5.74, 6) is 1.66. The molecule has 4 aliphatic rings. The summed E-state index contributed by atoms with van der Waals surface area (Å²) in [4.78, 5) is 37.8. The quantitative estimate of drug-likeness (QED) is 0.333. The van der Waals surface area contributed by atoms with Crippen LogP contribution in [0.15, 0.2) is 11.6 Å². The second-order valence-electron chi connectivity index (χ2n) is 12.0. The molecule has 0 aliphatic heterocycles. The number of ketones is 2. The van der Waals surface area contributed by atoms with Crippen molar-refractivity contribution >= 4 is 17.5 Å². The predicted molar refractivity (Wildman–Crippen MR) is 138 cm³/mol. The van der Waals surface area contributed by atoms with Crippen LogP contribution in [0.25, 0.3) is 0 Å². The third kappa shape index (κ3) is 5.04. The average molecular weight is 489 g/mol. The van der Waals surface area contributed by atoms with E-state index in [1.807, 2.05) is 13.0 Å². The zero-order chi connectivity index (χ0) is 25.9. The van der Waals surface area contributed by atoms with Gasteiger partial charge in [0.2, 0.25) is 0 Å². The number of aliphatic hydroxyl groups excluding tert-OH is 1. The van der Waals surface area contributed by atoms with Crippen molar-refractivity contribution in [1.29, 1.82) is 0 Å². The molecule has 0 aromatic rings. The van der Waals surface area contributed by atoms with E-state index in [2.05, 4.69) is 20.8 Å². The predicted octanol–water partition coefficient (Wildman–Crippen LogP) is 6.36. The second-order valence-corrected chi connectivity index (χ2v) is 12.0. The van der Waals surface area contributed by atoms with Crippen molar-refractivity contribution in [2.75, 3.05) is 6.61 Å². The molecule has 1 N–H and O–H groups in total. The summed E-state index contributed by atoms with van der Waals surface area (Å²) < 4.78 is 6.16. The van der Waals surface area contributed by atoms with Crippen molar-refractivity contribution in [2.45, 2.75) is 124 Å². The number of carbonyl (C=O) groups is 3. The molecule has 0 unspecified atom stereocenters. The third-order valence-electron chi connectivity index (χ3n) is 10.1. The van der Waals surface area contributed by atoms with E-state index < -0.39 is 5.60 Å². The van der Waals surface area contributed by atoms with Gasteiger partial charge in [0, 0.05) is 24.9 Å². The first kappa shape index (κ1) is 28.1. The summed E-state index contributed by atoms with van der Waals surface area (Å²) in [5, 5.41) is 7.88. The highest BCUT2D eigenvalue weighted by molar-refractivity contribution is 5.91. The SMILES string of the molecule is CCCCCC(=O)O[C@]1(C(C)=O)CC[C@H]2[C@@H]3CCC4=CC(=O)CC[C@]4(C)[C@H]3CC[C@@]21C.CCCO. The van der Waals surface area contributed by atoms with Gasteiger partial charge in [-0.2, -0.15) is 0 Å². The van der Waals surface area contributed by atoms with Crippen molar-refractivity contribution in [3.05, 3.63) is 11.6 Å². The molecule has 35 heavy (non-hydrogen) atoms. The number of fused-ring (bicyclic) bond motifs is 5. The molecule has 0 heterocycles. The van der Waals surface area contributed by atoms with Gasteiger partial charge in [-0.15, -0.1) is 0 Å². The molecule has 0 aromatic carbocycles. The molecule has 5 heteroatoms. The number of Topliss-reactive ketones (excluding diaryl/α,β-unsaturated/α-hetero) is 1. The van der Waals surface area contributed by atoms with Gasteiger partial charge >= 0.3 is 5.97 Å².